The van der Waals surface area contributed by atoms with Crippen molar-refractivity contribution in [1.82, 2.24) is 24.4 Å². The summed E-state index contributed by atoms with van der Waals surface area (Å²) in [5, 5.41) is 0. The number of hydrogen-bond acceptors (Lipinski definition) is 4. The first kappa shape index (κ1) is 11.8. The second kappa shape index (κ2) is 4.79. The van der Waals surface area contributed by atoms with E-state index in [1.165, 1.54) is 0 Å². The second-order valence-corrected chi connectivity index (χ2v) is 4.61. The van der Waals surface area contributed by atoms with Crippen LogP contribution in [0.4, 0.5) is 0 Å². The zero-order chi connectivity index (χ0) is 13.2. The minimum atomic E-state index is 0.0172. The molecule has 1 amide bonds. The maximum Gasteiger partial charge on any atom is 0.220 e. The molecule has 3 rings (SSSR count). The summed E-state index contributed by atoms with van der Waals surface area (Å²) in [6.07, 6.45) is 10.5. The van der Waals surface area contributed by atoms with Crippen LogP contribution in [0.3, 0.4) is 0 Å². The van der Waals surface area contributed by atoms with Crippen LogP contribution in [0, 0.1) is 0 Å². The number of amides is 1. The van der Waals surface area contributed by atoms with Crippen LogP contribution in [0.5, 0.6) is 0 Å². The molecule has 6 nitrogen and oxygen atoms in total. The molecule has 1 fully saturated rings. The lowest BCUT2D eigenvalue weighted by atomic mass is 10.1. The Hall–Kier alpha value is -2.24. The maximum atomic E-state index is 11.7. The maximum absolute atomic E-state index is 11.7. The summed E-state index contributed by atoms with van der Waals surface area (Å²) in [6.45, 7) is 2.39. The molecule has 0 radical (unpaired) electrons. The smallest absolute Gasteiger partial charge is 0.220 e. The van der Waals surface area contributed by atoms with Crippen molar-refractivity contribution in [3.63, 3.8) is 0 Å². The second-order valence-electron chi connectivity index (χ2n) is 4.61. The van der Waals surface area contributed by atoms with E-state index in [1.807, 2.05) is 15.7 Å². The van der Waals surface area contributed by atoms with Crippen LogP contribution in [-0.2, 0) is 4.79 Å². The number of imidazole rings is 1. The van der Waals surface area contributed by atoms with Crippen molar-refractivity contribution in [2.45, 2.75) is 25.8 Å². The van der Waals surface area contributed by atoms with Gasteiger partial charge in [0.2, 0.25) is 5.91 Å². The van der Waals surface area contributed by atoms with E-state index in [1.54, 1.807) is 31.8 Å². The first-order valence-corrected chi connectivity index (χ1v) is 6.34. The predicted octanol–water partition coefficient (Wildman–Crippen LogP) is 1.35. The van der Waals surface area contributed by atoms with Crippen molar-refractivity contribution in [2.24, 2.45) is 0 Å². The van der Waals surface area contributed by atoms with Gasteiger partial charge >= 0.3 is 0 Å². The summed E-state index contributed by atoms with van der Waals surface area (Å²) in [7, 11) is 0. The lowest BCUT2D eigenvalue weighted by molar-refractivity contribution is -0.129. The highest BCUT2D eigenvalue weighted by Crippen LogP contribution is 2.32. The van der Waals surface area contributed by atoms with Gasteiger partial charge in [-0.25, -0.2) is 9.97 Å². The van der Waals surface area contributed by atoms with Gasteiger partial charge in [0, 0.05) is 38.3 Å². The predicted molar refractivity (Wildman–Crippen MR) is 68.5 cm³/mol. The molecule has 1 atom stereocenters. The van der Waals surface area contributed by atoms with E-state index in [0.717, 1.165) is 30.9 Å². The van der Waals surface area contributed by atoms with Crippen molar-refractivity contribution < 1.29 is 4.79 Å². The fourth-order valence-corrected chi connectivity index (χ4v) is 2.59. The molecule has 1 aliphatic heterocycles. The van der Waals surface area contributed by atoms with Gasteiger partial charge in [-0.05, 0) is 12.8 Å². The largest absolute Gasteiger partial charge is 0.334 e. The fraction of sp³-hybridized carbons (Fsp3) is 0.385. The highest BCUT2D eigenvalue weighted by Gasteiger charge is 2.31. The van der Waals surface area contributed by atoms with Gasteiger partial charge in [-0.2, -0.15) is 0 Å². The van der Waals surface area contributed by atoms with Crippen molar-refractivity contribution in [3.05, 3.63) is 36.8 Å². The number of carbonyl (C=O) groups excluding carboxylic acids is 1. The van der Waals surface area contributed by atoms with E-state index in [4.69, 9.17) is 0 Å². The molecular weight excluding hydrogens is 242 g/mol. The van der Waals surface area contributed by atoms with Gasteiger partial charge in [0.15, 0.2) is 5.82 Å². The van der Waals surface area contributed by atoms with Gasteiger partial charge in [-0.1, -0.05) is 0 Å². The molecule has 0 N–H and O–H groups in total. The van der Waals surface area contributed by atoms with Crippen LogP contribution >= 0.6 is 0 Å². The standard InChI is InChI=1S/C13H15N5O/c1-10(19)18-7-2-3-11(18)12-13(16-5-4-15-12)17-8-6-14-9-17/h4-6,8-9,11H,2-3,7H2,1H3/t11-/m1/s1. The Kier molecular flexibility index (Phi) is 2.98. The summed E-state index contributed by atoms with van der Waals surface area (Å²) >= 11 is 0. The lowest BCUT2D eigenvalue weighted by Crippen LogP contribution is -2.29. The Balaban J connectivity index is 2.03. The molecule has 0 unspecified atom stereocenters. The van der Waals surface area contributed by atoms with E-state index in [0.29, 0.717) is 0 Å². The molecule has 0 saturated carbocycles. The Morgan fingerprint density at radius 1 is 1.32 bits per heavy atom. The van der Waals surface area contributed by atoms with Gasteiger partial charge in [0.05, 0.1) is 6.04 Å². The summed E-state index contributed by atoms with van der Waals surface area (Å²) in [5.74, 6) is 0.836. The molecule has 98 valence electrons. The summed E-state index contributed by atoms with van der Waals surface area (Å²) in [6, 6.07) is 0.0172. The first-order valence-electron chi connectivity index (χ1n) is 6.34. The van der Waals surface area contributed by atoms with E-state index in [-0.39, 0.29) is 11.9 Å². The number of aromatic nitrogens is 4. The Bertz CT molecular complexity index is 580. The molecule has 1 aliphatic rings. The Labute approximate surface area is 111 Å². The molecule has 1 saturated heterocycles. The summed E-state index contributed by atoms with van der Waals surface area (Å²) < 4.78 is 1.83. The number of carbonyl (C=O) groups is 1. The third-order valence-corrected chi connectivity index (χ3v) is 3.43. The van der Waals surface area contributed by atoms with Gasteiger partial charge in [0.1, 0.15) is 12.0 Å². The summed E-state index contributed by atoms with van der Waals surface area (Å²) in [4.78, 5) is 26.4. The first-order chi connectivity index (χ1) is 9.27. The van der Waals surface area contributed by atoms with Crippen LogP contribution in [0.15, 0.2) is 31.1 Å². The fourth-order valence-electron chi connectivity index (χ4n) is 2.59. The van der Waals surface area contributed by atoms with Crippen molar-refractivity contribution >= 4 is 5.91 Å². The quantitative estimate of drug-likeness (QED) is 0.814. The zero-order valence-corrected chi connectivity index (χ0v) is 10.7. The van der Waals surface area contributed by atoms with Gasteiger partial charge in [-0.15, -0.1) is 0 Å². The molecule has 0 bridgehead atoms. The van der Waals surface area contributed by atoms with Crippen molar-refractivity contribution in [2.75, 3.05) is 6.54 Å². The average Bonchev–Trinajstić information content (AvgIpc) is 3.10. The SMILES string of the molecule is CC(=O)N1CCC[C@@H]1c1nccnc1-n1ccnc1. The van der Waals surface area contributed by atoms with Gasteiger partial charge in [0.25, 0.3) is 0 Å². The van der Waals surface area contributed by atoms with E-state index >= 15 is 0 Å². The Morgan fingerprint density at radius 3 is 2.89 bits per heavy atom. The minimum absolute atomic E-state index is 0.0172. The van der Waals surface area contributed by atoms with Crippen molar-refractivity contribution in [1.29, 1.82) is 0 Å². The third kappa shape index (κ3) is 2.09. The lowest BCUT2D eigenvalue weighted by Gasteiger charge is -2.24. The van der Waals surface area contributed by atoms with E-state index < -0.39 is 0 Å². The topological polar surface area (TPSA) is 63.9 Å². The third-order valence-electron chi connectivity index (χ3n) is 3.43. The molecule has 2 aromatic rings. The number of hydrogen-bond donors (Lipinski definition) is 0. The zero-order valence-electron chi connectivity index (χ0n) is 10.7. The normalized spacial score (nSPS) is 18.8. The van der Waals surface area contributed by atoms with E-state index in [2.05, 4.69) is 15.0 Å². The molecule has 6 heteroatoms. The highest BCUT2D eigenvalue weighted by atomic mass is 16.2. The monoisotopic (exact) mass is 257 g/mol. The number of rotatable bonds is 2. The molecule has 0 spiro atoms. The van der Waals surface area contributed by atoms with E-state index in [9.17, 15) is 4.79 Å². The number of likely N-dealkylation sites (tertiary alicyclic amines) is 1. The molecule has 0 aromatic carbocycles. The summed E-state index contributed by atoms with van der Waals surface area (Å²) in [5.41, 5.74) is 0.841. The van der Waals surface area contributed by atoms with Gasteiger partial charge < -0.3 is 4.90 Å². The van der Waals surface area contributed by atoms with Crippen LogP contribution in [-0.4, -0.2) is 36.9 Å². The number of nitrogens with zero attached hydrogens (tertiary/aromatic N) is 5. The molecular formula is C13H15N5O. The highest BCUT2D eigenvalue weighted by molar-refractivity contribution is 5.74. The minimum Gasteiger partial charge on any atom is -0.334 e. The van der Waals surface area contributed by atoms with Crippen molar-refractivity contribution in [3.8, 4) is 5.82 Å². The van der Waals surface area contributed by atoms with Gasteiger partial charge in [-0.3, -0.25) is 14.3 Å². The average molecular weight is 257 g/mol. The van der Waals surface area contributed by atoms with Crippen LogP contribution in [0.1, 0.15) is 31.5 Å². The van der Waals surface area contributed by atoms with Crippen LogP contribution in [0.2, 0.25) is 0 Å². The molecule has 0 aliphatic carbocycles. The Morgan fingerprint density at radius 2 is 2.16 bits per heavy atom. The molecule has 3 heterocycles. The van der Waals surface area contributed by atoms with Crippen LogP contribution in [0.25, 0.3) is 5.82 Å². The van der Waals surface area contributed by atoms with Crippen LogP contribution < -0.4 is 0 Å². The molecule has 19 heavy (non-hydrogen) atoms. The molecule has 2 aromatic heterocycles.